The van der Waals surface area contributed by atoms with Crippen molar-refractivity contribution in [1.82, 2.24) is 0 Å². The van der Waals surface area contributed by atoms with Crippen LogP contribution in [0.1, 0.15) is 13.8 Å². The Kier molecular flexibility index (Phi) is 4.43. The van der Waals surface area contributed by atoms with E-state index < -0.39 is 6.10 Å². The zero-order valence-electron chi connectivity index (χ0n) is 9.43. The lowest BCUT2D eigenvalue weighted by atomic mass is 10.1. The van der Waals surface area contributed by atoms with E-state index in [1.54, 1.807) is 7.11 Å². The molecule has 15 heavy (non-hydrogen) atoms. The van der Waals surface area contributed by atoms with Gasteiger partial charge >= 0.3 is 0 Å². The van der Waals surface area contributed by atoms with E-state index in [-0.39, 0.29) is 5.92 Å². The molecular weight excluding hydrogens is 192 g/mol. The van der Waals surface area contributed by atoms with Gasteiger partial charge in [0.05, 0.1) is 13.2 Å². The number of benzene rings is 1. The van der Waals surface area contributed by atoms with Gasteiger partial charge in [-0.05, 0) is 30.2 Å². The third-order valence-electron chi connectivity index (χ3n) is 2.25. The quantitative estimate of drug-likeness (QED) is 0.808. The van der Waals surface area contributed by atoms with E-state index in [2.05, 4.69) is 0 Å². The fourth-order valence-electron chi connectivity index (χ4n) is 1.05. The fourth-order valence-corrected chi connectivity index (χ4v) is 1.05. The molecule has 1 aromatic rings. The van der Waals surface area contributed by atoms with Gasteiger partial charge in [-0.25, -0.2) is 0 Å². The number of hydrogen-bond donors (Lipinski definition) is 1. The molecule has 0 heterocycles. The van der Waals surface area contributed by atoms with Crippen LogP contribution in [0.25, 0.3) is 0 Å². The van der Waals surface area contributed by atoms with Gasteiger partial charge in [-0.3, -0.25) is 0 Å². The lowest BCUT2D eigenvalue weighted by Crippen LogP contribution is -2.23. The van der Waals surface area contributed by atoms with Crippen LogP contribution in [0.2, 0.25) is 0 Å². The Bertz CT molecular complexity index is 279. The summed E-state index contributed by atoms with van der Waals surface area (Å²) in [6, 6.07) is 7.31. The standard InChI is InChI=1S/C12H18O3/c1-9(2)12(13)8-15-11-6-4-10(14-3)5-7-11/h4-7,9,12-13H,8H2,1-3H3. The Morgan fingerprint density at radius 2 is 1.67 bits per heavy atom. The van der Waals surface area contributed by atoms with Gasteiger partial charge < -0.3 is 14.6 Å². The summed E-state index contributed by atoms with van der Waals surface area (Å²) in [5, 5.41) is 9.54. The Labute approximate surface area is 90.6 Å². The molecule has 84 valence electrons. The van der Waals surface area contributed by atoms with Crippen LogP contribution in [-0.2, 0) is 0 Å². The summed E-state index contributed by atoms with van der Waals surface area (Å²) in [5.74, 6) is 1.76. The van der Waals surface area contributed by atoms with Gasteiger partial charge in [-0.1, -0.05) is 13.8 Å². The van der Waals surface area contributed by atoms with Gasteiger partial charge in [0, 0.05) is 0 Å². The average Bonchev–Trinajstić information content (AvgIpc) is 2.26. The van der Waals surface area contributed by atoms with Crippen molar-refractivity contribution in [3.8, 4) is 11.5 Å². The second-order valence-electron chi connectivity index (χ2n) is 3.80. The molecule has 0 saturated carbocycles. The monoisotopic (exact) mass is 210 g/mol. The molecule has 0 radical (unpaired) electrons. The van der Waals surface area contributed by atoms with Crippen molar-refractivity contribution < 1.29 is 14.6 Å². The second kappa shape index (κ2) is 5.61. The predicted octanol–water partition coefficient (Wildman–Crippen LogP) is 2.09. The highest BCUT2D eigenvalue weighted by Gasteiger charge is 2.09. The van der Waals surface area contributed by atoms with Crippen molar-refractivity contribution in [3.63, 3.8) is 0 Å². The van der Waals surface area contributed by atoms with Crippen LogP contribution in [0.3, 0.4) is 0 Å². The number of aliphatic hydroxyl groups excluding tert-OH is 1. The molecule has 0 aromatic heterocycles. The first kappa shape index (κ1) is 11.9. The van der Waals surface area contributed by atoms with E-state index in [1.165, 1.54) is 0 Å². The van der Waals surface area contributed by atoms with Gasteiger partial charge in [0.15, 0.2) is 0 Å². The van der Waals surface area contributed by atoms with Crippen LogP contribution in [0.5, 0.6) is 11.5 Å². The maximum absolute atomic E-state index is 9.54. The summed E-state index contributed by atoms with van der Waals surface area (Å²) in [6.45, 7) is 4.24. The third kappa shape index (κ3) is 3.80. The molecule has 3 heteroatoms. The van der Waals surface area contributed by atoms with Crippen molar-refractivity contribution in [2.75, 3.05) is 13.7 Å². The van der Waals surface area contributed by atoms with Crippen molar-refractivity contribution in [2.24, 2.45) is 5.92 Å². The van der Waals surface area contributed by atoms with Gasteiger partial charge in [-0.15, -0.1) is 0 Å². The molecule has 1 unspecified atom stereocenters. The van der Waals surface area contributed by atoms with Crippen molar-refractivity contribution in [2.45, 2.75) is 20.0 Å². The van der Waals surface area contributed by atoms with E-state index in [4.69, 9.17) is 9.47 Å². The molecule has 0 spiro atoms. The highest BCUT2D eigenvalue weighted by molar-refractivity contribution is 5.31. The van der Waals surface area contributed by atoms with Gasteiger partial charge in [-0.2, -0.15) is 0 Å². The molecule has 0 bridgehead atoms. The Morgan fingerprint density at radius 3 is 2.13 bits per heavy atom. The molecular formula is C12H18O3. The summed E-state index contributed by atoms with van der Waals surface area (Å²) >= 11 is 0. The average molecular weight is 210 g/mol. The van der Waals surface area contributed by atoms with Crippen LogP contribution in [0, 0.1) is 5.92 Å². The first-order valence-electron chi connectivity index (χ1n) is 5.08. The van der Waals surface area contributed by atoms with Crippen molar-refractivity contribution in [3.05, 3.63) is 24.3 Å². The lowest BCUT2D eigenvalue weighted by molar-refractivity contribution is 0.0701. The SMILES string of the molecule is COc1ccc(OCC(O)C(C)C)cc1. The summed E-state index contributed by atoms with van der Waals surface area (Å²) < 4.78 is 10.5. The molecule has 0 aliphatic carbocycles. The van der Waals surface area contributed by atoms with E-state index in [0.717, 1.165) is 11.5 Å². The minimum atomic E-state index is -0.424. The molecule has 0 fully saturated rings. The molecule has 3 nitrogen and oxygen atoms in total. The minimum Gasteiger partial charge on any atom is -0.497 e. The highest BCUT2D eigenvalue weighted by Crippen LogP contribution is 2.17. The first-order valence-corrected chi connectivity index (χ1v) is 5.08. The molecule has 1 rings (SSSR count). The summed E-state index contributed by atoms with van der Waals surface area (Å²) in [6.07, 6.45) is -0.424. The number of ether oxygens (including phenoxy) is 2. The van der Waals surface area contributed by atoms with Crippen LogP contribution in [0.15, 0.2) is 24.3 Å². The van der Waals surface area contributed by atoms with Crippen molar-refractivity contribution in [1.29, 1.82) is 0 Å². The number of aliphatic hydroxyl groups is 1. The Hall–Kier alpha value is -1.22. The number of methoxy groups -OCH3 is 1. The third-order valence-corrected chi connectivity index (χ3v) is 2.25. The van der Waals surface area contributed by atoms with Gasteiger partial charge in [0.1, 0.15) is 18.1 Å². The Morgan fingerprint density at radius 1 is 1.13 bits per heavy atom. The molecule has 1 aromatic carbocycles. The zero-order valence-corrected chi connectivity index (χ0v) is 9.43. The van der Waals surface area contributed by atoms with Crippen LogP contribution >= 0.6 is 0 Å². The molecule has 0 aliphatic heterocycles. The topological polar surface area (TPSA) is 38.7 Å². The summed E-state index contributed by atoms with van der Waals surface area (Å²) in [4.78, 5) is 0. The van der Waals surface area contributed by atoms with E-state index in [9.17, 15) is 5.11 Å². The van der Waals surface area contributed by atoms with E-state index >= 15 is 0 Å². The maximum Gasteiger partial charge on any atom is 0.119 e. The highest BCUT2D eigenvalue weighted by atomic mass is 16.5. The normalized spacial score (nSPS) is 12.6. The van der Waals surface area contributed by atoms with Crippen LogP contribution in [0.4, 0.5) is 0 Å². The molecule has 1 N–H and O–H groups in total. The maximum atomic E-state index is 9.54. The summed E-state index contributed by atoms with van der Waals surface area (Å²) in [7, 11) is 1.62. The van der Waals surface area contributed by atoms with E-state index in [0.29, 0.717) is 6.61 Å². The smallest absolute Gasteiger partial charge is 0.119 e. The zero-order chi connectivity index (χ0) is 11.3. The Balaban J connectivity index is 2.44. The molecule has 1 atom stereocenters. The van der Waals surface area contributed by atoms with E-state index in [1.807, 2.05) is 38.1 Å². The second-order valence-corrected chi connectivity index (χ2v) is 3.80. The number of hydrogen-bond acceptors (Lipinski definition) is 3. The van der Waals surface area contributed by atoms with Crippen LogP contribution < -0.4 is 9.47 Å². The lowest BCUT2D eigenvalue weighted by Gasteiger charge is -2.15. The van der Waals surface area contributed by atoms with Gasteiger partial charge in [0.25, 0.3) is 0 Å². The first-order chi connectivity index (χ1) is 7.13. The summed E-state index contributed by atoms with van der Waals surface area (Å²) in [5.41, 5.74) is 0. The largest absolute Gasteiger partial charge is 0.497 e. The fraction of sp³-hybridized carbons (Fsp3) is 0.500. The molecule has 0 amide bonds. The number of rotatable bonds is 5. The minimum absolute atomic E-state index is 0.211. The van der Waals surface area contributed by atoms with Gasteiger partial charge in [0.2, 0.25) is 0 Å². The molecule has 0 saturated heterocycles. The molecule has 0 aliphatic rings. The van der Waals surface area contributed by atoms with Crippen molar-refractivity contribution >= 4 is 0 Å². The van der Waals surface area contributed by atoms with Crippen LogP contribution in [-0.4, -0.2) is 24.9 Å². The predicted molar refractivity (Wildman–Crippen MR) is 59.3 cm³/mol.